The van der Waals surface area contributed by atoms with Crippen molar-refractivity contribution in [2.45, 2.75) is 12.8 Å². The standard InChI is InChI=1S/C22H18O2S2/c1-24-20-19(13-16-10-6-3-7-11-16)26-21-17(14-23)18(25-22(20)21)12-15-8-4-2-5-9-15/h2-11,14H,12-13H2,1H3. The van der Waals surface area contributed by atoms with E-state index in [0.29, 0.717) is 0 Å². The number of rotatable bonds is 6. The van der Waals surface area contributed by atoms with E-state index in [2.05, 4.69) is 24.3 Å². The Balaban J connectivity index is 1.76. The number of benzene rings is 2. The van der Waals surface area contributed by atoms with Crippen molar-refractivity contribution in [1.29, 1.82) is 0 Å². The molecule has 0 spiro atoms. The van der Waals surface area contributed by atoms with Crippen LogP contribution in [-0.2, 0) is 12.8 Å². The van der Waals surface area contributed by atoms with E-state index in [1.54, 1.807) is 29.8 Å². The van der Waals surface area contributed by atoms with Gasteiger partial charge in [-0.25, -0.2) is 0 Å². The van der Waals surface area contributed by atoms with Crippen molar-refractivity contribution < 1.29 is 9.53 Å². The van der Waals surface area contributed by atoms with Gasteiger partial charge in [0.25, 0.3) is 0 Å². The largest absolute Gasteiger partial charge is 0.494 e. The van der Waals surface area contributed by atoms with Crippen LogP contribution in [-0.4, -0.2) is 13.4 Å². The van der Waals surface area contributed by atoms with Crippen LogP contribution in [0.5, 0.6) is 5.75 Å². The molecule has 0 radical (unpaired) electrons. The minimum Gasteiger partial charge on any atom is -0.494 e. The van der Waals surface area contributed by atoms with E-state index < -0.39 is 0 Å². The second-order valence-corrected chi connectivity index (χ2v) is 8.31. The minimum absolute atomic E-state index is 0.776. The number of carbonyl (C=O) groups excluding carboxylic acids is 1. The van der Waals surface area contributed by atoms with E-state index in [4.69, 9.17) is 4.74 Å². The Bertz CT molecular complexity index is 1030. The van der Waals surface area contributed by atoms with Crippen molar-refractivity contribution in [3.05, 3.63) is 87.1 Å². The predicted octanol–water partition coefficient (Wildman–Crippen LogP) is 5.97. The van der Waals surface area contributed by atoms with Gasteiger partial charge in [-0.05, 0) is 11.1 Å². The number of methoxy groups -OCH3 is 1. The number of hydrogen-bond donors (Lipinski definition) is 0. The first-order valence-electron chi connectivity index (χ1n) is 8.44. The third-order valence-electron chi connectivity index (χ3n) is 4.40. The van der Waals surface area contributed by atoms with Crippen LogP contribution < -0.4 is 4.74 Å². The fourth-order valence-electron chi connectivity index (χ4n) is 3.16. The topological polar surface area (TPSA) is 26.3 Å². The molecule has 0 atom stereocenters. The molecule has 0 fully saturated rings. The van der Waals surface area contributed by atoms with Gasteiger partial charge in [-0.1, -0.05) is 60.7 Å². The Hall–Kier alpha value is -2.43. The van der Waals surface area contributed by atoms with Gasteiger partial charge in [0.05, 0.1) is 21.4 Å². The summed E-state index contributed by atoms with van der Waals surface area (Å²) in [6.45, 7) is 0. The molecular formula is C22H18O2S2. The molecule has 130 valence electrons. The zero-order valence-corrected chi connectivity index (χ0v) is 16.0. The minimum atomic E-state index is 0.776. The maximum atomic E-state index is 11.8. The average molecular weight is 379 g/mol. The van der Waals surface area contributed by atoms with Crippen molar-refractivity contribution in [3.8, 4) is 5.75 Å². The van der Waals surface area contributed by atoms with Gasteiger partial charge < -0.3 is 4.74 Å². The summed E-state index contributed by atoms with van der Waals surface area (Å²) < 4.78 is 7.89. The maximum absolute atomic E-state index is 11.8. The van der Waals surface area contributed by atoms with E-state index in [-0.39, 0.29) is 0 Å². The Morgan fingerprint density at radius 3 is 1.88 bits per heavy atom. The van der Waals surface area contributed by atoms with E-state index in [1.165, 1.54) is 16.0 Å². The van der Waals surface area contributed by atoms with Crippen molar-refractivity contribution in [1.82, 2.24) is 0 Å². The Kier molecular flexibility index (Phi) is 4.87. The fourth-order valence-corrected chi connectivity index (χ4v) is 6.01. The lowest BCUT2D eigenvalue weighted by molar-refractivity contribution is 0.112. The van der Waals surface area contributed by atoms with E-state index in [0.717, 1.165) is 44.7 Å². The highest BCUT2D eigenvalue weighted by Gasteiger charge is 2.21. The molecule has 4 aromatic rings. The summed E-state index contributed by atoms with van der Waals surface area (Å²) in [4.78, 5) is 14.1. The van der Waals surface area contributed by atoms with Crippen molar-refractivity contribution >= 4 is 38.4 Å². The number of ether oxygens (including phenoxy) is 1. The number of hydrogen-bond acceptors (Lipinski definition) is 4. The lowest BCUT2D eigenvalue weighted by Crippen LogP contribution is -1.90. The van der Waals surface area contributed by atoms with E-state index in [1.807, 2.05) is 36.4 Å². The van der Waals surface area contributed by atoms with E-state index in [9.17, 15) is 4.79 Å². The Morgan fingerprint density at radius 1 is 0.808 bits per heavy atom. The SMILES string of the molecule is COc1c(Cc2ccccc2)sc2c(C=O)c(Cc3ccccc3)sc12. The lowest BCUT2D eigenvalue weighted by Gasteiger charge is -2.04. The van der Waals surface area contributed by atoms with Gasteiger partial charge in [0.1, 0.15) is 0 Å². The summed E-state index contributed by atoms with van der Waals surface area (Å²) in [5, 5.41) is 0. The van der Waals surface area contributed by atoms with Crippen LogP contribution in [0.1, 0.15) is 31.2 Å². The first-order chi connectivity index (χ1) is 12.8. The number of aldehydes is 1. The van der Waals surface area contributed by atoms with Crippen molar-refractivity contribution in [3.63, 3.8) is 0 Å². The first-order valence-corrected chi connectivity index (χ1v) is 10.1. The van der Waals surface area contributed by atoms with Gasteiger partial charge in [0.2, 0.25) is 0 Å². The zero-order chi connectivity index (χ0) is 17.9. The van der Waals surface area contributed by atoms with Crippen LogP contribution in [0.15, 0.2) is 60.7 Å². The quantitative estimate of drug-likeness (QED) is 0.387. The normalized spacial score (nSPS) is 11.0. The molecule has 2 aromatic heterocycles. The molecule has 0 bridgehead atoms. The summed E-state index contributed by atoms with van der Waals surface area (Å²) in [5.41, 5.74) is 3.28. The summed E-state index contributed by atoms with van der Waals surface area (Å²) in [5.74, 6) is 0.918. The monoisotopic (exact) mass is 378 g/mol. The molecule has 0 aliphatic heterocycles. The maximum Gasteiger partial charge on any atom is 0.152 e. The molecule has 0 unspecified atom stereocenters. The number of thiophene rings is 2. The van der Waals surface area contributed by atoms with Gasteiger partial charge in [-0.15, -0.1) is 22.7 Å². The highest BCUT2D eigenvalue weighted by molar-refractivity contribution is 7.29. The second kappa shape index (κ2) is 7.44. The zero-order valence-electron chi connectivity index (χ0n) is 14.4. The van der Waals surface area contributed by atoms with Gasteiger partial charge in [-0.3, -0.25) is 4.79 Å². The molecule has 4 rings (SSSR count). The molecule has 0 amide bonds. The molecule has 26 heavy (non-hydrogen) atoms. The predicted molar refractivity (Wildman–Crippen MR) is 110 cm³/mol. The molecule has 0 saturated heterocycles. The Morgan fingerprint density at radius 2 is 1.35 bits per heavy atom. The van der Waals surface area contributed by atoms with Crippen molar-refractivity contribution in [2.75, 3.05) is 7.11 Å². The second-order valence-electron chi connectivity index (χ2n) is 6.10. The summed E-state index contributed by atoms with van der Waals surface area (Å²) in [6.07, 6.45) is 2.60. The van der Waals surface area contributed by atoms with Gasteiger partial charge >= 0.3 is 0 Å². The Labute approximate surface area is 160 Å². The summed E-state index contributed by atoms with van der Waals surface area (Å²) >= 11 is 3.36. The summed E-state index contributed by atoms with van der Waals surface area (Å²) in [6, 6.07) is 20.6. The first kappa shape index (κ1) is 17.0. The highest BCUT2D eigenvalue weighted by Crippen LogP contribution is 2.46. The van der Waals surface area contributed by atoms with Crippen LogP contribution >= 0.6 is 22.7 Å². The van der Waals surface area contributed by atoms with Gasteiger partial charge in [-0.2, -0.15) is 0 Å². The van der Waals surface area contributed by atoms with Gasteiger partial charge in [0.15, 0.2) is 12.0 Å². The van der Waals surface area contributed by atoms with Crippen LogP contribution in [0, 0.1) is 0 Å². The average Bonchev–Trinajstić information content (AvgIpc) is 3.17. The smallest absolute Gasteiger partial charge is 0.152 e. The molecule has 4 heteroatoms. The fraction of sp³-hybridized carbons (Fsp3) is 0.136. The third kappa shape index (κ3) is 3.18. The lowest BCUT2D eigenvalue weighted by atomic mass is 10.1. The molecule has 0 N–H and O–H groups in total. The molecule has 2 aromatic carbocycles. The van der Waals surface area contributed by atoms with Crippen LogP contribution in [0.4, 0.5) is 0 Å². The molecule has 2 nitrogen and oxygen atoms in total. The van der Waals surface area contributed by atoms with Crippen molar-refractivity contribution in [2.24, 2.45) is 0 Å². The van der Waals surface area contributed by atoms with Gasteiger partial charge in [0, 0.05) is 23.3 Å². The summed E-state index contributed by atoms with van der Waals surface area (Å²) in [7, 11) is 1.72. The van der Waals surface area contributed by atoms with E-state index >= 15 is 0 Å². The molecule has 0 saturated carbocycles. The molecule has 2 heterocycles. The van der Waals surface area contributed by atoms with Crippen LogP contribution in [0.3, 0.4) is 0 Å². The number of carbonyl (C=O) groups is 1. The third-order valence-corrected chi connectivity index (χ3v) is 6.94. The number of fused-ring (bicyclic) bond motifs is 1. The highest BCUT2D eigenvalue weighted by atomic mass is 32.1. The molecule has 0 aliphatic rings. The molecular weight excluding hydrogens is 360 g/mol. The van der Waals surface area contributed by atoms with Crippen LogP contribution in [0.25, 0.3) is 9.40 Å². The van der Waals surface area contributed by atoms with Crippen LogP contribution in [0.2, 0.25) is 0 Å². The molecule has 0 aliphatic carbocycles.